The first-order chi connectivity index (χ1) is 13.4. The van der Waals surface area contributed by atoms with Crippen molar-refractivity contribution in [3.8, 4) is 5.75 Å². The minimum absolute atomic E-state index is 0.0385. The van der Waals surface area contributed by atoms with E-state index in [0.29, 0.717) is 5.75 Å². The zero-order valence-corrected chi connectivity index (χ0v) is 17.1. The maximum atomic E-state index is 12.9. The number of carbonyl (C=O) groups is 1. The van der Waals surface area contributed by atoms with Crippen LogP contribution < -0.4 is 14.8 Å². The molecule has 2 aromatic carbocycles. The van der Waals surface area contributed by atoms with E-state index in [9.17, 15) is 13.2 Å². The van der Waals surface area contributed by atoms with Gasteiger partial charge in [-0.1, -0.05) is 43.0 Å². The topological polar surface area (TPSA) is 84.5 Å². The van der Waals surface area contributed by atoms with Crippen molar-refractivity contribution in [2.24, 2.45) is 0 Å². The summed E-state index contributed by atoms with van der Waals surface area (Å²) in [4.78, 5) is 12.4. The minimum Gasteiger partial charge on any atom is -0.495 e. The summed E-state index contributed by atoms with van der Waals surface area (Å²) in [5, 5.41) is 3.02. The van der Waals surface area contributed by atoms with Gasteiger partial charge in [0.05, 0.1) is 17.8 Å². The molecule has 0 heterocycles. The molecule has 0 bridgehead atoms. The van der Waals surface area contributed by atoms with Gasteiger partial charge in [-0.15, -0.1) is 0 Å². The molecule has 0 atom stereocenters. The second-order valence-corrected chi connectivity index (χ2v) is 8.82. The molecular weight excluding hydrogens is 400 g/mol. The summed E-state index contributed by atoms with van der Waals surface area (Å²) in [6, 6.07) is 11.0. The molecule has 0 unspecified atom stereocenters. The van der Waals surface area contributed by atoms with Crippen molar-refractivity contribution in [1.82, 2.24) is 5.32 Å². The van der Waals surface area contributed by atoms with Crippen LogP contribution in [0.15, 0.2) is 47.4 Å². The van der Waals surface area contributed by atoms with Gasteiger partial charge in [0.1, 0.15) is 10.6 Å². The lowest BCUT2D eigenvalue weighted by atomic mass is 9.95. The number of carbonyl (C=O) groups excluding carboxylic acids is 1. The molecule has 0 saturated heterocycles. The number of anilines is 1. The highest BCUT2D eigenvalue weighted by Crippen LogP contribution is 2.29. The Kier molecular flexibility index (Phi) is 6.46. The Morgan fingerprint density at radius 2 is 1.82 bits per heavy atom. The van der Waals surface area contributed by atoms with Gasteiger partial charge in [-0.25, -0.2) is 8.42 Å². The molecule has 2 aromatic rings. The summed E-state index contributed by atoms with van der Waals surface area (Å²) in [7, 11) is -2.55. The molecule has 0 radical (unpaired) electrons. The predicted octanol–water partition coefficient (Wildman–Crippen LogP) is 4.21. The third kappa shape index (κ3) is 4.77. The molecule has 0 spiro atoms. The Balaban J connectivity index is 1.84. The first kappa shape index (κ1) is 20.5. The molecule has 150 valence electrons. The third-order valence-electron chi connectivity index (χ3n) is 4.77. The fraction of sp³-hybridized carbons (Fsp3) is 0.350. The van der Waals surface area contributed by atoms with Crippen molar-refractivity contribution in [2.75, 3.05) is 11.8 Å². The van der Waals surface area contributed by atoms with Crippen LogP contribution in [0.25, 0.3) is 0 Å². The Morgan fingerprint density at radius 1 is 1.11 bits per heavy atom. The molecule has 1 amide bonds. The predicted molar refractivity (Wildman–Crippen MR) is 110 cm³/mol. The lowest BCUT2D eigenvalue weighted by Crippen LogP contribution is -2.36. The summed E-state index contributed by atoms with van der Waals surface area (Å²) >= 11 is 6.14. The monoisotopic (exact) mass is 422 g/mol. The summed E-state index contributed by atoms with van der Waals surface area (Å²) in [6.07, 6.45) is 5.26. The quantitative estimate of drug-likeness (QED) is 0.730. The number of nitrogens with one attached hydrogen (secondary N) is 2. The Bertz CT molecular complexity index is 956. The summed E-state index contributed by atoms with van der Waals surface area (Å²) in [5.41, 5.74) is 0.550. The zero-order chi connectivity index (χ0) is 20.1. The molecule has 0 aliphatic heterocycles. The first-order valence-electron chi connectivity index (χ1n) is 9.17. The number of methoxy groups -OCH3 is 1. The van der Waals surface area contributed by atoms with E-state index in [1.165, 1.54) is 31.7 Å². The molecule has 1 aliphatic carbocycles. The van der Waals surface area contributed by atoms with Gasteiger partial charge in [-0.3, -0.25) is 9.52 Å². The average molecular weight is 423 g/mol. The van der Waals surface area contributed by atoms with Crippen LogP contribution in [0, 0.1) is 0 Å². The van der Waals surface area contributed by atoms with Crippen molar-refractivity contribution >= 4 is 33.2 Å². The number of sulfonamides is 1. The molecule has 1 aliphatic rings. The van der Waals surface area contributed by atoms with Crippen molar-refractivity contribution in [3.63, 3.8) is 0 Å². The van der Waals surface area contributed by atoms with Crippen molar-refractivity contribution < 1.29 is 17.9 Å². The van der Waals surface area contributed by atoms with Crippen LogP contribution in [-0.4, -0.2) is 27.5 Å². The molecular formula is C20H23ClN2O4S. The van der Waals surface area contributed by atoms with Crippen LogP contribution in [0.1, 0.15) is 42.5 Å². The van der Waals surface area contributed by atoms with Gasteiger partial charge in [0.15, 0.2) is 0 Å². The molecule has 28 heavy (non-hydrogen) atoms. The molecule has 1 fully saturated rings. The first-order valence-corrected chi connectivity index (χ1v) is 11.0. The third-order valence-corrected chi connectivity index (χ3v) is 6.62. The van der Waals surface area contributed by atoms with Crippen LogP contribution in [0.4, 0.5) is 5.69 Å². The SMILES string of the molecule is COc1ccccc1NS(=O)(=O)c1cc(C(=O)NC2CCCCC2)ccc1Cl. The van der Waals surface area contributed by atoms with Crippen LogP contribution in [0.3, 0.4) is 0 Å². The van der Waals surface area contributed by atoms with Gasteiger partial charge < -0.3 is 10.1 Å². The van der Waals surface area contributed by atoms with Crippen molar-refractivity contribution in [2.45, 2.75) is 43.0 Å². The second-order valence-electron chi connectivity index (χ2n) is 6.76. The lowest BCUT2D eigenvalue weighted by Gasteiger charge is -2.23. The van der Waals surface area contributed by atoms with Crippen LogP contribution in [0.2, 0.25) is 5.02 Å². The smallest absolute Gasteiger partial charge is 0.263 e. The van der Waals surface area contributed by atoms with E-state index >= 15 is 0 Å². The number of halogens is 1. The fourth-order valence-corrected chi connectivity index (χ4v) is 4.89. The maximum absolute atomic E-state index is 12.9. The molecule has 8 heteroatoms. The summed E-state index contributed by atoms with van der Waals surface area (Å²) in [6.45, 7) is 0. The molecule has 3 rings (SSSR count). The summed E-state index contributed by atoms with van der Waals surface area (Å²) < 4.78 is 33.4. The number of ether oxygens (including phenoxy) is 1. The van der Waals surface area contributed by atoms with E-state index < -0.39 is 10.0 Å². The molecule has 0 aromatic heterocycles. The normalized spacial score (nSPS) is 15.1. The van der Waals surface area contributed by atoms with Crippen molar-refractivity contribution in [3.05, 3.63) is 53.1 Å². The van der Waals surface area contributed by atoms with Crippen molar-refractivity contribution in [1.29, 1.82) is 0 Å². The maximum Gasteiger partial charge on any atom is 0.263 e. The van der Waals surface area contributed by atoms with Gasteiger partial charge >= 0.3 is 0 Å². The average Bonchev–Trinajstić information content (AvgIpc) is 2.69. The standard InChI is InChI=1S/C20H23ClN2O4S/c1-27-18-10-6-5-9-17(18)23-28(25,26)19-13-14(11-12-16(19)21)20(24)22-15-7-3-2-4-8-15/h5-6,9-13,15,23H,2-4,7-8H2,1H3,(H,22,24). The molecule has 1 saturated carbocycles. The van der Waals surface area contributed by atoms with Gasteiger partial charge in [0, 0.05) is 11.6 Å². The van der Waals surface area contributed by atoms with E-state index in [0.717, 1.165) is 25.7 Å². The lowest BCUT2D eigenvalue weighted by molar-refractivity contribution is 0.0927. The van der Waals surface area contributed by atoms with E-state index in [2.05, 4.69) is 10.0 Å². The van der Waals surface area contributed by atoms with Crippen LogP contribution in [-0.2, 0) is 10.0 Å². The van der Waals surface area contributed by atoms with Gasteiger partial charge in [0.25, 0.3) is 15.9 Å². The molecule has 6 nitrogen and oxygen atoms in total. The van der Waals surface area contributed by atoms with Gasteiger partial charge in [-0.2, -0.15) is 0 Å². The Morgan fingerprint density at radius 3 is 2.54 bits per heavy atom. The van der Waals surface area contributed by atoms with Gasteiger partial charge in [-0.05, 0) is 43.2 Å². The van der Waals surface area contributed by atoms with Crippen LogP contribution in [0.5, 0.6) is 5.75 Å². The number of benzene rings is 2. The highest BCUT2D eigenvalue weighted by molar-refractivity contribution is 7.92. The molecule has 2 N–H and O–H groups in total. The van der Waals surface area contributed by atoms with E-state index in [-0.39, 0.29) is 33.1 Å². The number of rotatable bonds is 6. The van der Waals surface area contributed by atoms with E-state index in [1.54, 1.807) is 24.3 Å². The van der Waals surface area contributed by atoms with Crippen LogP contribution >= 0.6 is 11.6 Å². The summed E-state index contributed by atoms with van der Waals surface area (Å²) in [5.74, 6) is 0.0886. The van der Waals surface area contributed by atoms with E-state index in [1.807, 2.05) is 0 Å². The number of hydrogen-bond acceptors (Lipinski definition) is 4. The fourth-order valence-electron chi connectivity index (χ4n) is 3.29. The second kappa shape index (κ2) is 8.84. The highest BCUT2D eigenvalue weighted by Gasteiger charge is 2.23. The Labute approximate surface area is 170 Å². The number of para-hydroxylation sites is 2. The number of amides is 1. The van der Waals surface area contributed by atoms with E-state index in [4.69, 9.17) is 16.3 Å². The zero-order valence-electron chi connectivity index (χ0n) is 15.6. The number of hydrogen-bond donors (Lipinski definition) is 2. The largest absolute Gasteiger partial charge is 0.495 e. The highest BCUT2D eigenvalue weighted by atomic mass is 35.5. The van der Waals surface area contributed by atoms with Gasteiger partial charge in [0.2, 0.25) is 0 Å². The minimum atomic E-state index is -4.01. The Hall–Kier alpha value is -2.25.